The van der Waals surface area contributed by atoms with Crippen LogP contribution in [0.3, 0.4) is 0 Å². The first-order valence-corrected chi connectivity index (χ1v) is 9.05. The molecule has 0 amide bonds. The van der Waals surface area contributed by atoms with Crippen LogP contribution in [0.5, 0.6) is 0 Å². The zero-order chi connectivity index (χ0) is 18.9. The third kappa shape index (κ3) is 3.65. The van der Waals surface area contributed by atoms with Crippen molar-refractivity contribution < 1.29 is 0 Å². The van der Waals surface area contributed by atoms with E-state index in [2.05, 4.69) is 55.3 Å². The molecule has 0 saturated heterocycles. The molecule has 134 valence electrons. The Morgan fingerprint density at radius 1 is 0.815 bits per heavy atom. The maximum Gasteiger partial charge on any atom is 0.163 e. The Balaban J connectivity index is 1.76. The summed E-state index contributed by atoms with van der Waals surface area (Å²) in [5.41, 5.74) is 4.24. The average molecular weight is 354 g/mol. The lowest BCUT2D eigenvalue weighted by Crippen LogP contribution is -2.10. The standard InChI is InChI=1S/C23H22N4/c1-23(2,3)17-10-12-18(13-11-17)25-22-19-8-4-5-9-20(19)26-21(27-22)16-7-6-14-24-15-16/h4-15H,1-3H3,(H,25,26,27). The van der Waals surface area contributed by atoms with E-state index in [1.165, 1.54) is 5.56 Å². The van der Waals surface area contributed by atoms with Gasteiger partial charge in [0.05, 0.1) is 5.52 Å². The van der Waals surface area contributed by atoms with E-state index in [0.717, 1.165) is 28.0 Å². The first kappa shape index (κ1) is 17.2. The topological polar surface area (TPSA) is 50.7 Å². The minimum absolute atomic E-state index is 0.133. The van der Waals surface area contributed by atoms with Crippen LogP contribution in [0.25, 0.3) is 22.3 Å². The molecule has 2 aromatic heterocycles. The van der Waals surface area contributed by atoms with Gasteiger partial charge >= 0.3 is 0 Å². The van der Waals surface area contributed by atoms with Crippen molar-refractivity contribution in [3.05, 3.63) is 78.6 Å². The van der Waals surface area contributed by atoms with Crippen LogP contribution >= 0.6 is 0 Å². The van der Waals surface area contributed by atoms with Crippen LogP contribution in [0.4, 0.5) is 11.5 Å². The largest absolute Gasteiger partial charge is 0.340 e. The second-order valence-electron chi connectivity index (χ2n) is 7.61. The van der Waals surface area contributed by atoms with Gasteiger partial charge in [-0.3, -0.25) is 4.98 Å². The predicted molar refractivity (Wildman–Crippen MR) is 111 cm³/mol. The van der Waals surface area contributed by atoms with Gasteiger partial charge in [-0.05, 0) is 47.4 Å². The highest BCUT2D eigenvalue weighted by atomic mass is 15.0. The average Bonchev–Trinajstić information content (AvgIpc) is 2.68. The van der Waals surface area contributed by atoms with Crippen LogP contribution in [0.1, 0.15) is 26.3 Å². The highest BCUT2D eigenvalue weighted by molar-refractivity contribution is 5.92. The number of pyridine rings is 1. The number of nitrogens with one attached hydrogen (secondary N) is 1. The highest BCUT2D eigenvalue weighted by Gasteiger charge is 2.14. The molecule has 1 N–H and O–H groups in total. The molecule has 27 heavy (non-hydrogen) atoms. The minimum Gasteiger partial charge on any atom is -0.340 e. The third-order valence-corrected chi connectivity index (χ3v) is 4.54. The van der Waals surface area contributed by atoms with Gasteiger partial charge in [-0.15, -0.1) is 0 Å². The zero-order valence-corrected chi connectivity index (χ0v) is 15.8. The minimum atomic E-state index is 0.133. The fourth-order valence-corrected chi connectivity index (χ4v) is 2.99. The smallest absolute Gasteiger partial charge is 0.163 e. The van der Waals surface area contributed by atoms with Crippen molar-refractivity contribution >= 4 is 22.4 Å². The van der Waals surface area contributed by atoms with Crippen LogP contribution in [0.15, 0.2) is 73.1 Å². The number of para-hydroxylation sites is 1. The molecule has 0 unspecified atom stereocenters. The molecule has 0 bridgehead atoms. The number of hydrogen-bond acceptors (Lipinski definition) is 4. The molecule has 0 aliphatic rings. The first-order chi connectivity index (χ1) is 13.0. The SMILES string of the molecule is CC(C)(C)c1ccc(Nc2nc(-c3cccnc3)nc3ccccc23)cc1. The monoisotopic (exact) mass is 354 g/mol. The molecule has 0 atom stereocenters. The summed E-state index contributed by atoms with van der Waals surface area (Å²) in [4.78, 5) is 13.7. The summed E-state index contributed by atoms with van der Waals surface area (Å²) in [7, 11) is 0. The van der Waals surface area contributed by atoms with Crippen molar-refractivity contribution in [2.75, 3.05) is 5.32 Å². The van der Waals surface area contributed by atoms with Gasteiger partial charge in [-0.1, -0.05) is 45.0 Å². The van der Waals surface area contributed by atoms with Gasteiger partial charge in [-0.2, -0.15) is 0 Å². The lowest BCUT2D eigenvalue weighted by molar-refractivity contribution is 0.590. The molecule has 0 spiro atoms. The van der Waals surface area contributed by atoms with Crippen molar-refractivity contribution in [3.63, 3.8) is 0 Å². The Kier molecular flexibility index (Phi) is 4.32. The Hall–Kier alpha value is -3.27. The Morgan fingerprint density at radius 3 is 2.30 bits per heavy atom. The number of fused-ring (bicyclic) bond motifs is 1. The number of benzene rings is 2. The van der Waals surface area contributed by atoms with E-state index in [1.807, 2.05) is 36.4 Å². The molecule has 0 aliphatic heterocycles. The molecular weight excluding hydrogens is 332 g/mol. The van der Waals surface area contributed by atoms with E-state index in [4.69, 9.17) is 9.97 Å². The van der Waals surface area contributed by atoms with Crippen LogP contribution in [0, 0.1) is 0 Å². The van der Waals surface area contributed by atoms with E-state index in [-0.39, 0.29) is 5.41 Å². The van der Waals surface area contributed by atoms with Crippen LogP contribution in [-0.4, -0.2) is 15.0 Å². The van der Waals surface area contributed by atoms with Crippen molar-refractivity contribution in [1.29, 1.82) is 0 Å². The Morgan fingerprint density at radius 2 is 1.59 bits per heavy atom. The maximum atomic E-state index is 4.78. The summed E-state index contributed by atoms with van der Waals surface area (Å²) in [5.74, 6) is 1.46. The molecule has 4 heteroatoms. The van der Waals surface area contributed by atoms with Crippen LogP contribution < -0.4 is 5.32 Å². The summed E-state index contributed by atoms with van der Waals surface area (Å²) >= 11 is 0. The first-order valence-electron chi connectivity index (χ1n) is 9.05. The second-order valence-corrected chi connectivity index (χ2v) is 7.61. The summed E-state index contributed by atoms with van der Waals surface area (Å²) < 4.78 is 0. The summed E-state index contributed by atoms with van der Waals surface area (Å²) in [6.07, 6.45) is 3.53. The van der Waals surface area contributed by atoms with E-state index >= 15 is 0 Å². The Labute approximate surface area is 159 Å². The van der Waals surface area contributed by atoms with Gasteiger partial charge in [0.15, 0.2) is 5.82 Å². The number of hydrogen-bond donors (Lipinski definition) is 1. The van der Waals surface area contributed by atoms with Gasteiger partial charge in [0.2, 0.25) is 0 Å². The lowest BCUT2D eigenvalue weighted by atomic mass is 9.87. The zero-order valence-electron chi connectivity index (χ0n) is 15.8. The number of nitrogens with zero attached hydrogens (tertiary/aromatic N) is 3. The van der Waals surface area contributed by atoms with E-state index in [1.54, 1.807) is 12.4 Å². The predicted octanol–water partition coefficient (Wildman–Crippen LogP) is 5.73. The molecule has 4 rings (SSSR count). The number of anilines is 2. The number of rotatable bonds is 3. The van der Waals surface area contributed by atoms with Gasteiger partial charge in [0.25, 0.3) is 0 Å². The second kappa shape index (κ2) is 6.80. The molecule has 2 aromatic carbocycles. The molecule has 2 heterocycles. The highest BCUT2D eigenvalue weighted by Crippen LogP contribution is 2.28. The lowest BCUT2D eigenvalue weighted by Gasteiger charge is -2.19. The molecule has 0 saturated carbocycles. The summed E-state index contributed by atoms with van der Waals surface area (Å²) in [6.45, 7) is 6.65. The molecule has 4 nitrogen and oxygen atoms in total. The third-order valence-electron chi connectivity index (χ3n) is 4.54. The number of aromatic nitrogens is 3. The molecule has 0 fully saturated rings. The quantitative estimate of drug-likeness (QED) is 0.510. The van der Waals surface area contributed by atoms with Crippen LogP contribution in [-0.2, 0) is 5.41 Å². The van der Waals surface area contributed by atoms with Gasteiger partial charge in [-0.25, -0.2) is 9.97 Å². The summed E-state index contributed by atoms with van der Waals surface area (Å²) in [6, 6.07) is 20.4. The summed E-state index contributed by atoms with van der Waals surface area (Å²) in [5, 5.41) is 4.45. The van der Waals surface area contributed by atoms with Gasteiger partial charge < -0.3 is 5.32 Å². The van der Waals surface area contributed by atoms with E-state index < -0.39 is 0 Å². The van der Waals surface area contributed by atoms with Crippen LogP contribution in [0.2, 0.25) is 0 Å². The molecular formula is C23H22N4. The van der Waals surface area contributed by atoms with E-state index in [9.17, 15) is 0 Å². The maximum absolute atomic E-state index is 4.78. The van der Waals surface area contributed by atoms with Gasteiger partial charge in [0.1, 0.15) is 5.82 Å². The van der Waals surface area contributed by atoms with Gasteiger partial charge in [0, 0.05) is 29.0 Å². The Bertz CT molecular complexity index is 1060. The molecule has 0 aliphatic carbocycles. The fraction of sp³-hybridized carbons (Fsp3) is 0.174. The van der Waals surface area contributed by atoms with E-state index in [0.29, 0.717) is 5.82 Å². The molecule has 0 radical (unpaired) electrons. The van der Waals surface area contributed by atoms with Crippen molar-refractivity contribution in [3.8, 4) is 11.4 Å². The molecule has 4 aromatic rings. The van der Waals surface area contributed by atoms with Crippen molar-refractivity contribution in [2.24, 2.45) is 0 Å². The normalized spacial score (nSPS) is 11.5. The van der Waals surface area contributed by atoms with Crippen molar-refractivity contribution in [1.82, 2.24) is 15.0 Å². The van der Waals surface area contributed by atoms with Crippen molar-refractivity contribution in [2.45, 2.75) is 26.2 Å². The fourth-order valence-electron chi connectivity index (χ4n) is 2.99.